The Labute approximate surface area is 119 Å². The van der Waals surface area contributed by atoms with Gasteiger partial charge in [0.2, 0.25) is 6.10 Å². The molecular formula is C15H20N2O3. The lowest BCUT2D eigenvalue weighted by Gasteiger charge is -2.25. The normalized spacial score (nSPS) is 18.6. The number of hydrazone groups is 1. The van der Waals surface area contributed by atoms with Gasteiger partial charge in [-0.3, -0.25) is 4.79 Å². The summed E-state index contributed by atoms with van der Waals surface area (Å²) in [6.07, 6.45) is -0.679. The molecule has 1 aliphatic heterocycles. The Kier molecular flexibility index (Phi) is 3.97. The molecule has 1 aromatic carbocycles. The number of para-hydroxylation sites is 2. The molecule has 108 valence electrons. The van der Waals surface area contributed by atoms with Crippen molar-refractivity contribution in [1.82, 2.24) is 5.43 Å². The van der Waals surface area contributed by atoms with Crippen molar-refractivity contribution in [2.45, 2.75) is 33.8 Å². The quantitative estimate of drug-likeness (QED) is 0.666. The van der Waals surface area contributed by atoms with Gasteiger partial charge in [-0.2, -0.15) is 5.10 Å². The molecule has 1 unspecified atom stereocenters. The topological polar surface area (TPSA) is 59.9 Å². The zero-order chi connectivity index (χ0) is 14.8. The molecule has 1 atom stereocenters. The van der Waals surface area contributed by atoms with Crippen molar-refractivity contribution in [3.63, 3.8) is 0 Å². The van der Waals surface area contributed by atoms with E-state index in [9.17, 15) is 4.79 Å². The van der Waals surface area contributed by atoms with E-state index in [1.54, 1.807) is 6.07 Å². The zero-order valence-electron chi connectivity index (χ0n) is 12.3. The van der Waals surface area contributed by atoms with Gasteiger partial charge in [0.1, 0.15) is 6.61 Å². The summed E-state index contributed by atoms with van der Waals surface area (Å²) in [6, 6.07) is 7.29. The van der Waals surface area contributed by atoms with Crippen LogP contribution in [0, 0.1) is 5.41 Å². The lowest BCUT2D eigenvalue weighted by molar-refractivity contribution is -0.130. The maximum Gasteiger partial charge on any atom is 0.284 e. The maximum atomic E-state index is 12.0. The second-order valence-electron chi connectivity index (χ2n) is 5.79. The van der Waals surface area contributed by atoms with Gasteiger partial charge < -0.3 is 9.47 Å². The molecule has 0 saturated heterocycles. The van der Waals surface area contributed by atoms with Gasteiger partial charge in [-0.25, -0.2) is 5.43 Å². The van der Waals surface area contributed by atoms with Crippen molar-refractivity contribution in [2.24, 2.45) is 10.5 Å². The molecule has 1 amide bonds. The van der Waals surface area contributed by atoms with Crippen LogP contribution in [0.5, 0.6) is 11.5 Å². The van der Waals surface area contributed by atoms with Crippen LogP contribution in [-0.4, -0.2) is 24.3 Å². The van der Waals surface area contributed by atoms with Gasteiger partial charge in [0, 0.05) is 11.1 Å². The van der Waals surface area contributed by atoms with Crippen molar-refractivity contribution in [3.8, 4) is 11.5 Å². The molecule has 0 bridgehead atoms. The second-order valence-corrected chi connectivity index (χ2v) is 5.79. The SMILES string of the molecule is C/C(=N\NC(=O)C1COc2ccccc2O1)C(C)(C)C. The van der Waals surface area contributed by atoms with Crippen LogP contribution in [0.1, 0.15) is 27.7 Å². The average Bonchev–Trinajstić information content (AvgIpc) is 2.42. The number of fused-ring (bicyclic) bond motifs is 1. The third-order valence-corrected chi connectivity index (χ3v) is 3.22. The molecule has 5 heteroatoms. The van der Waals surface area contributed by atoms with Crippen LogP contribution in [-0.2, 0) is 4.79 Å². The number of ether oxygens (including phenoxy) is 2. The number of nitrogens with zero attached hydrogens (tertiary/aromatic N) is 1. The van der Waals surface area contributed by atoms with Gasteiger partial charge >= 0.3 is 0 Å². The molecule has 1 N–H and O–H groups in total. The van der Waals surface area contributed by atoms with Crippen molar-refractivity contribution >= 4 is 11.6 Å². The fourth-order valence-electron chi connectivity index (χ4n) is 1.53. The highest BCUT2D eigenvalue weighted by Crippen LogP contribution is 2.30. The predicted molar refractivity (Wildman–Crippen MR) is 77.1 cm³/mol. The number of benzene rings is 1. The summed E-state index contributed by atoms with van der Waals surface area (Å²) in [5.41, 5.74) is 3.30. The van der Waals surface area contributed by atoms with E-state index in [0.717, 1.165) is 5.71 Å². The standard InChI is InChI=1S/C15H20N2O3/c1-10(15(2,3)4)16-17-14(18)13-9-19-11-7-5-6-8-12(11)20-13/h5-8,13H,9H2,1-4H3,(H,17,18)/b16-10+. The Bertz CT molecular complexity index is 532. The predicted octanol–water partition coefficient (Wildman–Crippen LogP) is 2.36. The maximum absolute atomic E-state index is 12.0. The van der Waals surface area contributed by atoms with E-state index in [0.29, 0.717) is 11.5 Å². The minimum Gasteiger partial charge on any atom is -0.485 e. The number of carbonyl (C=O) groups is 1. The fourth-order valence-corrected chi connectivity index (χ4v) is 1.53. The van der Waals surface area contributed by atoms with Gasteiger partial charge in [-0.1, -0.05) is 32.9 Å². The Morgan fingerprint density at radius 3 is 2.60 bits per heavy atom. The van der Waals surface area contributed by atoms with Gasteiger partial charge in [0.05, 0.1) is 0 Å². The molecule has 1 aliphatic rings. The van der Waals surface area contributed by atoms with E-state index >= 15 is 0 Å². The molecule has 0 aliphatic carbocycles. The first-order chi connectivity index (χ1) is 9.38. The lowest BCUT2D eigenvalue weighted by Crippen LogP contribution is -2.42. The van der Waals surface area contributed by atoms with Gasteiger partial charge in [0.25, 0.3) is 5.91 Å². The Hall–Kier alpha value is -2.04. The molecule has 5 nitrogen and oxygen atoms in total. The summed E-state index contributed by atoms with van der Waals surface area (Å²) in [4.78, 5) is 12.0. The minimum atomic E-state index is -0.679. The van der Waals surface area contributed by atoms with E-state index in [1.165, 1.54) is 0 Å². The highest BCUT2D eigenvalue weighted by atomic mass is 16.6. The number of hydrogen-bond acceptors (Lipinski definition) is 4. The molecule has 0 saturated carbocycles. The van der Waals surface area contributed by atoms with Crippen LogP contribution in [0.25, 0.3) is 0 Å². The molecule has 2 rings (SSSR count). The van der Waals surface area contributed by atoms with Crippen LogP contribution in [0.4, 0.5) is 0 Å². The van der Waals surface area contributed by atoms with Crippen LogP contribution in [0.2, 0.25) is 0 Å². The molecule has 0 spiro atoms. The summed E-state index contributed by atoms with van der Waals surface area (Å²) < 4.78 is 11.1. The first-order valence-electron chi connectivity index (χ1n) is 6.61. The largest absolute Gasteiger partial charge is 0.485 e. The van der Waals surface area contributed by atoms with Crippen molar-refractivity contribution in [1.29, 1.82) is 0 Å². The zero-order valence-corrected chi connectivity index (χ0v) is 12.3. The fraction of sp³-hybridized carbons (Fsp3) is 0.467. The van der Waals surface area contributed by atoms with Crippen molar-refractivity contribution < 1.29 is 14.3 Å². The Morgan fingerprint density at radius 1 is 1.30 bits per heavy atom. The Morgan fingerprint density at radius 2 is 1.95 bits per heavy atom. The van der Waals surface area contributed by atoms with Crippen LogP contribution in [0.3, 0.4) is 0 Å². The Balaban J connectivity index is 1.99. The minimum absolute atomic E-state index is 0.0796. The number of hydrogen-bond donors (Lipinski definition) is 1. The van der Waals surface area contributed by atoms with Crippen molar-refractivity contribution in [2.75, 3.05) is 6.61 Å². The van der Waals surface area contributed by atoms with E-state index in [2.05, 4.69) is 10.5 Å². The first kappa shape index (κ1) is 14.4. The number of nitrogens with one attached hydrogen (secondary N) is 1. The van der Waals surface area contributed by atoms with E-state index in [4.69, 9.17) is 9.47 Å². The van der Waals surface area contributed by atoms with Crippen molar-refractivity contribution in [3.05, 3.63) is 24.3 Å². The van der Waals surface area contributed by atoms with Gasteiger partial charge in [-0.05, 0) is 19.1 Å². The molecule has 0 radical (unpaired) electrons. The number of rotatable bonds is 2. The highest BCUT2D eigenvalue weighted by molar-refractivity contribution is 5.89. The number of amides is 1. The summed E-state index contributed by atoms with van der Waals surface area (Å²) in [7, 11) is 0. The molecule has 1 aromatic rings. The molecule has 0 fully saturated rings. The summed E-state index contributed by atoms with van der Waals surface area (Å²) in [6.45, 7) is 8.18. The third kappa shape index (κ3) is 3.29. The molecule has 0 aromatic heterocycles. The molecular weight excluding hydrogens is 256 g/mol. The monoisotopic (exact) mass is 276 g/mol. The van der Waals surface area contributed by atoms with E-state index in [-0.39, 0.29) is 17.9 Å². The lowest BCUT2D eigenvalue weighted by atomic mass is 9.91. The van der Waals surface area contributed by atoms with E-state index < -0.39 is 6.10 Å². The second kappa shape index (κ2) is 5.53. The molecule has 20 heavy (non-hydrogen) atoms. The van der Waals surface area contributed by atoms with Crippen LogP contribution < -0.4 is 14.9 Å². The molecule has 1 heterocycles. The third-order valence-electron chi connectivity index (χ3n) is 3.22. The van der Waals surface area contributed by atoms with Gasteiger partial charge in [0.15, 0.2) is 11.5 Å². The van der Waals surface area contributed by atoms with E-state index in [1.807, 2.05) is 45.9 Å². The summed E-state index contributed by atoms with van der Waals surface area (Å²) in [5.74, 6) is 0.935. The highest BCUT2D eigenvalue weighted by Gasteiger charge is 2.27. The summed E-state index contributed by atoms with van der Waals surface area (Å²) in [5, 5.41) is 4.11. The van der Waals surface area contributed by atoms with Crippen LogP contribution in [0.15, 0.2) is 29.4 Å². The smallest absolute Gasteiger partial charge is 0.284 e. The van der Waals surface area contributed by atoms with Gasteiger partial charge in [-0.15, -0.1) is 0 Å². The summed E-state index contributed by atoms with van der Waals surface area (Å²) >= 11 is 0. The number of carbonyl (C=O) groups excluding carboxylic acids is 1. The average molecular weight is 276 g/mol. The first-order valence-corrected chi connectivity index (χ1v) is 6.61. The van der Waals surface area contributed by atoms with Crippen LogP contribution >= 0.6 is 0 Å².